The van der Waals surface area contributed by atoms with Crippen molar-refractivity contribution in [2.24, 2.45) is 0 Å². The lowest BCUT2D eigenvalue weighted by atomic mass is 10.1. The molecule has 0 unspecified atom stereocenters. The number of anilines is 1. The summed E-state index contributed by atoms with van der Waals surface area (Å²) < 4.78 is 28.6. The Hall–Kier alpha value is -3.07. The summed E-state index contributed by atoms with van der Waals surface area (Å²) in [6.07, 6.45) is 1.06. The van der Waals surface area contributed by atoms with Crippen LogP contribution in [0.3, 0.4) is 0 Å². The number of nitrogens with one attached hydrogen (secondary N) is 1. The van der Waals surface area contributed by atoms with E-state index in [4.69, 9.17) is 23.2 Å². The second-order valence-corrected chi connectivity index (χ2v) is 11.9. The molecule has 7 nitrogen and oxygen atoms in total. The zero-order chi connectivity index (χ0) is 28.6. The van der Waals surface area contributed by atoms with Gasteiger partial charge in [-0.05, 0) is 67.8 Å². The molecule has 0 spiro atoms. The highest BCUT2D eigenvalue weighted by Gasteiger charge is 2.34. The van der Waals surface area contributed by atoms with Gasteiger partial charge < -0.3 is 10.2 Å². The molecule has 0 saturated heterocycles. The van der Waals surface area contributed by atoms with Gasteiger partial charge in [-0.3, -0.25) is 13.9 Å². The Morgan fingerprint density at radius 1 is 0.872 bits per heavy atom. The molecule has 208 valence electrons. The highest BCUT2D eigenvalue weighted by Crippen LogP contribution is 2.27. The maximum absolute atomic E-state index is 14.0. The first-order valence-corrected chi connectivity index (χ1v) is 14.9. The van der Waals surface area contributed by atoms with Crippen LogP contribution in [0.25, 0.3) is 0 Å². The van der Waals surface area contributed by atoms with Crippen molar-refractivity contribution in [3.8, 4) is 0 Å². The lowest BCUT2D eigenvalue weighted by molar-refractivity contribution is -0.140. The van der Waals surface area contributed by atoms with Crippen LogP contribution in [0.4, 0.5) is 5.69 Å². The van der Waals surface area contributed by atoms with E-state index in [1.165, 1.54) is 23.1 Å². The average molecular weight is 591 g/mol. The lowest BCUT2D eigenvalue weighted by Gasteiger charge is -2.33. The van der Waals surface area contributed by atoms with Gasteiger partial charge in [-0.2, -0.15) is 0 Å². The van der Waals surface area contributed by atoms with Gasteiger partial charge in [0.15, 0.2) is 0 Å². The number of nitrogens with zero attached hydrogens (tertiary/aromatic N) is 2. The Balaban J connectivity index is 2.04. The zero-order valence-electron chi connectivity index (χ0n) is 22.2. The van der Waals surface area contributed by atoms with Crippen molar-refractivity contribution in [1.82, 2.24) is 10.2 Å². The third-order valence-corrected chi connectivity index (χ3v) is 8.63. The van der Waals surface area contributed by atoms with Crippen LogP contribution in [0, 0.1) is 0 Å². The first-order valence-electron chi connectivity index (χ1n) is 12.7. The van der Waals surface area contributed by atoms with E-state index in [0.29, 0.717) is 16.5 Å². The van der Waals surface area contributed by atoms with Crippen LogP contribution in [0.15, 0.2) is 83.8 Å². The summed E-state index contributed by atoms with van der Waals surface area (Å²) in [5.41, 5.74) is 0.992. The molecule has 10 heteroatoms. The number of hydrogen-bond acceptors (Lipinski definition) is 4. The van der Waals surface area contributed by atoms with E-state index in [-0.39, 0.29) is 29.1 Å². The normalized spacial score (nSPS) is 12.8. The van der Waals surface area contributed by atoms with Crippen molar-refractivity contribution in [1.29, 1.82) is 0 Å². The van der Waals surface area contributed by atoms with E-state index in [2.05, 4.69) is 5.32 Å². The Morgan fingerprint density at radius 2 is 1.54 bits per heavy atom. The van der Waals surface area contributed by atoms with Gasteiger partial charge in [0.1, 0.15) is 12.6 Å². The van der Waals surface area contributed by atoms with Crippen LogP contribution in [0.2, 0.25) is 10.0 Å². The molecule has 0 aliphatic carbocycles. The topological polar surface area (TPSA) is 86.8 Å². The van der Waals surface area contributed by atoms with Gasteiger partial charge in [-0.15, -0.1) is 0 Å². The van der Waals surface area contributed by atoms with Crippen molar-refractivity contribution >= 4 is 50.7 Å². The Bertz CT molecular complexity index is 1370. The van der Waals surface area contributed by atoms with E-state index >= 15 is 0 Å². The molecule has 0 aliphatic heterocycles. The lowest BCUT2D eigenvalue weighted by Crippen LogP contribution is -2.53. The molecule has 0 radical (unpaired) electrons. The quantitative estimate of drug-likeness (QED) is 0.284. The molecular weight excluding hydrogens is 557 g/mol. The first-order chi connectivity index (χ1) is 18.6. The molecule has 0 heterocycles. The Kier molecular flexibility index (Phi) is 10.8. The molecular formula is C29H33Cl2N3O4S. The van der Waals surface area contributed by atoms with E-state index < -0.39 is 28.5 Å². The molecule has 2 atom stereocenters. The molecule has 3 aromatic carbocycles. The maximum atomic E-state index is 14.0. The minimum atomic E-state index is -4.14. The smallest absolute Gasteiger partial charge is 0.264 e. The third kappa shape index (κ3) is 7.97. The van der Waals surface area contributed by atoms with E-state index in [0.717, 1.165) is 16.3 Å². The number of carbonyl (C=O) groups excluding carboxylic acids is 2. The molecule has 2 amide bonds. The number of sulfonamides is 1. The monoisotopic (exact) mass is 589 g/mol. The van der Waals surface area contributed by atoms with Crippen LogP contribution < -0.4 is 9.62 Å². The second-order valence-electron chi connectivity index (χ2n) is 9.19. The fourth-order valence-electron chi connectivity index (χ4n) is 4.03. The third-order valence-electron chi connectivity index (χ3n) is 6.36. The Morgan fingerprint density at radius 3 is 2.13 bits per heavy atom. The predicted molar refractivity (Wildman–Crippen MR) is 156 cm³/mol. The molecule has 0 aliphatic rings. The zero-order valence-corrected chi connectivity index (χ0v) is 24.5. The van der Waals surface area contributed by atoms with Crippen molar-refractivity contribution in [2.75, 3.05) is 10.8 Å². The van der Waals surface area contributed by atoms with Crippen LogP contribution in [-0.4, -0.2) is 43.8 Å². The summed E-state index contributed by atoms with van der Waals surface area (Å²) in [5, 5.41) is 3.82. The molecule has 39 heavy (non-hydrogen) atoms. The van der Waals surface area contributed by atoms with Gasteiger partial charge in [-0.1, -0.05) is 73.4 Å². The number of hydrogen-bond donors (Lipinski definition) is 1. The number of rotatable bonds is 12. The summed E-state index contributed by atoms with van der Waals surface area (Å²) in [4.78, 5) is 28.7. The number of halogens is 2. The van der Waals surface area contributed by atoms with Gasteiger partial charge >= 0.3 is 0 Å². The molecule has 0 fully saturated rings. The van der Waals surface area contributed by atoms with Gasteiger partial charge in [-0.25, -0.2) is 8.42 Å². The van der Waals surface area contributed by atoms with Crippen molar-refractivity contribution in [3.05, 3.63) is 94.5 Å². The number of amides is 2. The van der Waals surface area contributed by atoms with Crippen molar-refractivity contribution < 1.29 is 18.0 Å². The van der Waals surface area contributed by atoms with Gasteiger partial charge in [0.05, 0.1) is 10.6 Å². The maximum Gasteiger partial charge on any atom is 0.264 e. The van der Waals surface area contributed by atoms with E-state index in [1.807, 2.05) is 20.8 Å². The molecule has 0 aromatic heterocycles. The summed E-state index contributed by atoms with van der Waals surface area (Å²) >= 11 is 12.3. The summed E-state index contributed by atoms with van der Waals surface area (Å²) in [5.74, 6) is -0.829. The van der Waals surface area contributed by atoms with Crippen LogP contribution in [0.5, 0.6) is 0 Å². The Labute approximate surface area is 240 Å². The van der Waals surface area contributed by atoms with Gasteiger partial charge in [0, 0.05) is 22.6 Å². The fourth-order valence-corrected chi connectivity index (χ4v) is 5.76. The van der Waals surface area contributed by atoms with Crippen molar-refractivity contribution in [3.63, 3.8) is 0 Å². The number of carbonyl (C=O) groups is 2. The summed E-state index contributed by atoms with van der Waals surface area (Å²) in [6, 6.07) is 20.3. The molecule has 1 N–H and O–H groups in total. The molecule has 0 saturated carbocycles. The van der Waals surface area contributed by atoms with Crippen LogP contribution >= 0.6 is 23.2 Å². The van der Waals surface area contributed by atoms with Crippen LogP contribution in [-0.2, 0) is 26.2 Å². The predicted octanol–water partition coefficient (Wildman–Crippen LogP) is 5.91. The van der Waals surface area contributed by atoms with E-state index in [1.54, 1.807) is 60.7 Å². The highest BCUT2D eigenvalue weighted by molar-refractivity contribution is 7.92. The van der Waals surface area contributed by atoms with E-state index in [9.17, 15) is 18.0 Å². The van der Waals surface area contributed by atoms with Gasteiger partial charge in [0.2, 0.25) is 11.8 Å². The largest absolute Gasteiger partial charge is 0.352 e. The second kappa shape index (κ2) is 13.8. The van der Waals surface area contributed by atoms with Gasteiger partial charge in [0.25, 0.3) is 10.0 Å². The average Bonchev–Trinajstić information content (AvgIpc) is 2.92. The standard InChI is InChI=1S/C29H33Cl2N3O4S/c1-4-21(3)32-29(36)27(5-2)33(19-22-14-16-23(30)17-15-22)28(35)20-34(25-11-9-10-24(31)18-25)39(37,38)26-12-7-6-8-13-26/h6-18,21,27H,4-5,19-20H2,1-3H3,(H,32,36)/t21-,27-/m0/s1. The fraction of sp³-hybridized carbons (Fsp3) is 0.310. The first kappa shape index (κ1) is 30.5. The minimum Gasteiger partial charge on any atom is -0.352 e. The highest BCUT2D eigenvalue weighted by atomic mass is 35.5. The van der Waals surface area contributed by atoms with Crippen LogP contribution in [0.1, 0.15) is 39.2 Å². The number of benzene rings is 3. The molecule has 0 bridgehead atoms. The minimum absolute atomic E-state index is 0.0311. The molecule has 3 rings (SSSR count). The summed E-state index contributed by atoms with van der Waals surface area (Å²) in [6.45, 7) is 5.23. The molecule has 3 aromatic rings. The SMILES string of the molecule is CC[C@H](C)NC(=O)[C@H](CC)N(Cc1ccc(Cl)cc1)C(=O)CN(c1cccc(Cl)c1)S(=O)(=O)c1ccccc1. The van der Waals surface area contributed by atoms with Crippen molar-refractivity contribution in [2.45, 2.75) is 57.1 Å². The summed E-state index contributed by atoms with van der Waals surface area (Å²) in [7, 11) is -4.14.